The first kappa shape index (κ1) is 15.1. The molecule has 0 saturated carbocycles. The Morgan fingerprint density at radius 3 is 2.56 bits per heavy atom. The van der Waals surface area contributed by atoms with Crippen molar-refractivity contribution in [3.05, 3.63) is 4.60 Å². The molecule has 0 radical (unpaired) electrons. The van der Waals surface area contributed by atoms with Crippen LogP contribution in [0.3, 0.4) is 0 Å². The molecule has 0 saturated heterocycles. The molecule has 1 amide bonds. The highest BCUT2D eigenvalue weighted by Gasteiger charge is 2.31. The molecule has 1 rings (SSSR count). The molecule has 0 aliphatic carbocycles. The van der Waals surface area contributed by atoms with Crippen molar-refractivity contribution in [3.8, 4) is 0 Å². The average molecular weight is 340 g/mol. The van der Waals surface area contributed by atoms with Crippen molar-refractivity contribution in [2.75, 3.05) is 20.1 Å². The second-order valence-corrected chi connectivity index (χ2v) is 6.02. The Labute approximate surface area is 114 Å². The molecule has 0 bridgehead atoms. The minimum Gasteiger partial charge on any atom is -0.358 e. The summed E-state index contributed by atoms with van der Waals surface area (Å²) in [5.41, 5.74) is 0. The van der Waals surface area contributed by atoms with Crippen LogP contribution in [0.5, 0.6) is 0 Å². The first-order chi connectivity index (χ1) is 8.34. The Balaban J connectivity index is 3.15. The summed E-state index contributed by atoms with van der Waals surface area (Å²) in [6.07, 6.45) is 0. The van der Waals surface area contributed by atoms with E-state index in [0.29, 0.717) is 0 Å². The van der Waals surface area contributed by atoms with Crippen LogP contribution in [0.15, 0.2) is 9.63 Å². The van der Waals surface area contributed by atoms with Gasteiger partial charge in [0.25, 0.3) is 10.0 Å². The number of sulfonamides is 1. The minimum absolute atomic E-state index is 0.0757. The van der Waals surface area contributed by atoms with E-state index in [4.69, 9.17) is 0 Å². The van der Waals surface area contributed by atoms with E-state index in [1.807, 2.05) is 0 Å². The number of rotatable bonds is 5. The Kier molecular flexibility index (Phi) is 4.82. The summed E-state index contributed by atoms with van der Waals surface area (Å²) >= 11 is 3.03. The number of halogens is 1. The van der Waals surface area contributed by atoms with Crippen molar-refractivity contribution in [1.82, 2.24) is 24.6 Å². The summed E-state index contributed by atoms with van der Waals surface area (Å²) in [6.45, 7) is 1.58. The molecule has 0 spiro atoms. The Morgan fingerprint density at radius 2 is 2.17 bits per heavy atom. The largest absolute Gasteiger partial charge is 0.358 e. The first-order valence-corrected chi connectivity index (χ1v) is 7.33. The first-order valence-electron chi connectivity index (χ1n) is 5.10. The number of carbonyl (C=O) groups is 1. The highest BCUT2D eigenvalue weighted by atomic mass is 79.9. The predicted octanol–water partition coefficient (Wildman–Crippen LogP) is -0.666. The highest BCUT2D eigenvalue weighted by molar-refractivity contribution is 9.10. The second-order valence-electron chi connectivity index (χ2n) is 3.41. The number of aryl methyl sites for hydroxylation is 1. The molecule has 0 aliphatic heterocycles. The van der Waals surface area contributed by atoms with Gasteiger partial charge in [-0.25, -0.2) is 13.1 Å². The van der Waals surface area contributed by atoms with E-state index in [2.05, 4.69) is 31.6 Å². The van der Waals surface area contributed by atoms with Gasteiger partial charge >= 0.3 is 0 Å². The lowest BCUT2D eigenvalue weighted by Crippen LogP contribution is -2.40. The Hall–Kier alpha value is -1.00. The van der Waals surface area contributed by atoms with Crippen LogP contribution < -0.4 is 5.32 Å². The van der Waals surface area contributed by atoms with Crippen LogP contribution in [-0.4, -0.2) is 53.8 Å². The maximum atomic E-state index is 12.3. The Bertz CT molecular complexity index is 521. The number of aromatic nitrogens is 3. The maximum Gasteiger partial charge on any atom is 0.263 e. The van der Waals surface area contributed by atoms with Gasteiger partial charge < -0.3 is 5.32 Å². The van der Waals surface area contributed by atoms with Gasteiger partial charge in [0, 0.05) is 20.6 Å². The number of likely N-dealkylation sites (N-methyl/N-ethyl adjacent to an activating group) is 2. The molecule has 1 N–H and O–H groups in total. The van der Waals surface area contributed by atoms with Gasteiger partial charge in [-0.2, -0.15) is 4.31 Å². The number of nitrogens with zero attached hydrogens (tertiary/aromatic N) is 4. The van der Waals surface area contributed by atoms with E-state index in [0.717, 1.165) is 8.99 Å². The van der Waals surface area contributed by atoms with Crippen molar-refractivity contribution >= 4 is 31.9 Å². The second kappa shape index (κ2) is 5.76. The van der Waals surface area contributed by atoms with Crippen molar-refractivity contribution in [2.24, 2.45) is 7.05 Å². The van der Waals surface area contributed by atoms with E-state index < -0.39 is 10.0 Å². The van der Waals surface area contributed by atoms with Crippen LogP contribution in [0.25, 0.3) is 0 Å². The van der Waals surface area contributed by atoms with Crippen molar-refractivity contribution < 1.29 is 13.2 Å². The SMILES string of the molecule is CCN(CC(=O)NC)S(=O)(=O)c1c(Br)nnn1C. The molecule has 0 unspecified atom stereocenters. The summed E-state index contributed by atoms with van der Waals surface area (Å²) in [6, 6.07) is 0. The van der Waals surface area contributed by atoms with Gasteiger partial charge in [-0.1, -0.05) is 12.1 Å². The lowest BCUT2D eigenvalue weighted by atomic mass is 10.5. The highest BCUT2D eigenvalue weighted by Crippen LogP contribution is 2.21. The molecule has 8 nitrogen and oxygen atoms in total. The molecule has 1 aromatic rings. The maximum absolute atomic E-state index is 12.3. The van der Waals surface area contributed by atoms with Crippen LogP contribution in [0.1, 0.15) is 6.92 Å². The molecule has 18 heavy (non-hydrogen) atoms. The zero-order valence-corrected chi connectivity index (χ0v) is 12.6. The van der Waals surface area contributed by atoms with E-state index in [1.165, 1.54) is 14.1 Å². The lowest BCUT2D eigenvalue weighted by molar-refractivity contribution is -0.120. The van der Waals surface area contributed by atoms with Gasteiger partial charge in [0.15, 0.2) is 4.60 Å². The molecular weight excluding hydrogens is 326 g/mol. The molecule has 1 heterocycles. The topological polar surface area (TPSA) is 97.2 Å². The van der Waals surface area contributed by atoms with E-state index in [-0.39, 0.29) is 28.6 Å². The lowest BCUT2D eigenvalue weighted by Gasteiger charge is -2.19. The molecule has 1 aromatic heterocycles. The molecule has 0 aliphatic rings. The van der Waals surface area contributed by atoms with Gasteiger partial charge in [-0.15, -0.1) is 5.10 Å². The summed E-state index contributed by atoms with van der Waals surface area (Å²) < 4.78 is 27.0. The third-order valence-corrected chi connectivity index (χ3v) is 5.08. The van der Waals surface area contributed by atoms with Crippen LogP contribution in [-0.2, 0) is 21.9 Å². The molecule has 102 valence electrons. The fourth-order valence-corrected chi connectivity index (χ4v) is 3.76. The number of amides is 1. The zero-order chi connectivity index (χ0) is 13.9. The molecule has 0 atom stereocenters. The number of hydrogen-bond donors (Lipinski definition) is 1. The number of carbonyl (C=O) groups excluding carboxylic acids is 1. The van der Waals surface area contributed by atoms with Crippen LogP contribution in [0, 0.1) is 0 Å². The third kappa shape index (κ3) is 2.87. The quantitative estimate of drug-likeness (QED) is 0.767. The van der Waals surface area contributed by atoms with Crippen LogP contribution >= 0.6 is 15.9 Å². The molecule has 0 fully saturated rings. The predicted molar refractivity (Wildman–Crippen MR) is 67.2 cm³/mol. The monoisotopic (exact) mass is 339 g/mol. The third-order valence-electron chi connectivity index (χ3n) is 2.27. The summed E-state index contributed by atoms with van der Waals surface area (Å²) in [5.74, 6) is -0.383. The number of nitrogens with one attached hydrogen (secondary N) is 1. The standard InChI is InChI=1S/C8H14BrN5O3S/c1-4-14(5-6(15)10-2)18(16,17)8-7(9)11-12-13(8)3/h4-5H2,1-3H3,(H,10,15). The smallest absolute Gasteiger partial charge is 0.263 e. The van der Waals surface area contributed by atoms with Gasteiger partial charge in [-0.05, 0) is 15.9 Å². The molecule has 0 aromatic carbocycles. The van der Waals surface area contributed by atoms with Gasteiger partial charge in [0.05, 0.1) is 6.54 Å². The summed E-state index contributed by atoms with van der Waals surface area (Å²) in [5, 5.41) is 9.54. The zero-order valence-electron chi connectivity index (χ0n) is 10.2. The molecular formula is C8H14BrN5O3S. The fourth-order valence-electron chi connectivity index (χ4n) is 1.32. The van der Waals surface area contributed by atoms with Crippen molar-refractivity contribution in [1.29, 1.82) is 0 Å². The number of hydrogen-bond acceptors (Lipinski definition) is 5. The normalized spacial score (nSPS) is 11.8. The van der Waals surface area contributed by atoms with Crippen molar-refractivity contribution in [3.63, 3.8) is 0 Å². The van der Waals surface area contributed by atoms with Gasteiger partial charge in [0.2, 0.25) is 10.9 Å². The summed E-state index contributed by atoms with van der Waals surface area (Å²) in [7, 11) is -0.891. The van der Waals surface area contributed by atoms with Crippen LogP contribution in [0.2, 0.25) is 0 Å². The van der Waals surface area contributed by atoms with E-state index >= 15 is 0 Å². The average Bonchev–Trinajstić information content (AvgIpc) is 2.65. The Morgan fingerprint density at radius 1 is 1.56 bits per heavy atom. The van der Waals surface area contributed by atoms with Gasteiger partial charge in [0.1, 0.15) is 0 Å². The molecule has 10 heteroatoms. The summed E-state index contributed by atoms with van der Waals surface area (Å²) in [4.78, 5) is 11.3. The van der Waals surface area contributed by atoms with Gasteiger partial charge in [-0.3, -0.25) is 4.79 Å². The van der Waals surface area contributed by atoms with E-state index in [1.54, 1.807) is 6.92 Å². The van der Waals surface area contributed by atoms with E-state index in [9.17, 15) is 13.2 Å². The fraction of sp³-hybridized carbons (Fsp3) is 0.625. The van der Waals surface area contributed by atoms with Crippen LogP contribution in [0.4, 0.5) is 0 Å². The minimum atomic E-state index is -3.81. The van der Waals surface area contributed by atoms with Crippen molar-refractivity contribution in [2.45, 2.75) is 11.9 Å².